The van der Waals surface area contributed by atoms with E-state index in [9.17, 15) is 0 Å². The van der Waals surface area contributed by atoms with Crippen LogP contribution < -0.4 is 21.2 Å². The van der Waals surface area contributed by atoms with Crippen LogP contribution in [0, 0.1) is 5.92 Å². The molecule has 0 aromatic carbocycles. The van der Waals surface area contributed by atoms with Crippen molar-refractivity contribution in [2.24, 2.45) is 5.92 Å². The molecule has 0 N–H and O–H groups in total. The van der Waals surface area contributed by atoms with Gasteiger partial charge in [-0.1, -0.05) is 0 Å². The van der Waals surface area contributed by atoms with Crippen LogP contribution in [0.3, 0.4) is 0 Å². The Morgan fingerprint density at radius 1 is 1.29 bits per heavy atom. The van der Waals surface area contributed by atoms with Gasteiger partial charge in [0.1, 0.15) is 0 Å². The third kappa shape index (κ3) is 0.609. The Morgan fingerprint density at radius 2 is 2.29 bits per heavy atom. The Balaban J connectivity index is 2.03. The van der Waals surface area contributed by atoms with Gasteiger partial charge in [-0.05, 0) is 0 Å². The van der Waals surface area contributed by atoms with Crippen molar-refractivity contribution in [2.45, 2.75) is 23.2 Å². The average molecular weight is 209 g/mol. The maximum atomic E-state index is 1.67. The zero-order chi connectivity index (χ0) is 4.69. The molecule has 1 aliphatic carbocycles. The van der Waals surface area contributed by atoms with Crippen LogP contribution in [0.2, 0.25) is 0 Å². The van der Waals surface area contributed by atoms with Gasteiger partial charge in [0.05, 0.1) is 0 Å². The molecule has 0 bridgehead atoms. The molecule has 0 nitrogen and oxygen atoms in total. The molecule has 2 atom stereocenters. The monoisotopic (exact) mass is 209 g/mol. The van der Waals surface area contributed by atoms with Gasteiger partial charge in [-0.15, -0.1) is 0 Å². The van der Waals surface area contributed by atoms with Crippen LogP contribution in [-0.4, -0.2) is 8.35 Å². The van der Waals surface area contributed by atoms with E-state index >= 15 is 0 Å². The van der Waals surface area contributed by atoms with Crippen molar-refractivity contribution in [3.8, 4) is 0 Å². The van der Waals surface area contributed by atoms with Gasteiger partial charge in [0.25, 0.3) is 0 Å². The van der Waals surface area contributed by atoms with Crippen molar-refractivity contribution in [3.63, 3.8) is 0 Å². The van der Waals surface area contributed by atoms with Gasteiger partial charge in [0.2, 0.25) is 0 Å². The third-order valence-corrected chi connectivity index (χ3v) is 6.46. The topological polar surface area (TPSA) is 0 Å². The zero-order valence-electron chi connectivity index (χ0n) is 4.36. The molecule has 2 fully saturated rings. The fourth-order valence-corrected chi connectivity index (χ4v) is 5.11. The Kier molecular flexibility index (Phi) is 1.05. The van der Waals surface area contributed by atoms with Gasteiger partial charge < -0.3 is 0 Å². The third-order valence-electron chi connectivity index (χ3n) is 2.05. The van der Waals surface area contributed by atoms with Crippen molar-refractivity contribution in [1.82, 2.24) is 0 Å². The van der Waals surface area contributed by atoms with Crippen LogP contribution in [0.5, 0.6) is 0 Å². The van der Waals surface area contributed by atoms with Gasteiger partial charge in [-0.2, -0.15) is 0 Å². The number of alkyl halides is 2. The number of rotatable bonds is 0. The van der Waals surface area contributed by atoms with Gasteiger partial charge in [0.15, 0.2) is 0 Å². The zero-order valence-corrected chi connectivity index (χ0v) is 6.52. The van der Waals surface area contributed by atoms with E-state index in [2.05, 4.69) is 0 Å². The molecule has 1 heterocycles. The van der Waals surface area contributed by atoms with Crippen LogP contribution in [0.25, 0.3) is 0 Å². The second kappa shape index (κ2) is 1.61. The van der Waals surface area contributed by atoms with Crippen molar-refractivity contribution >= 4 is 0 Å². The van der Waals surface area contributed by atoms with E-state index in [1.807, 2.05) is 0 Å². The molecule has 2 unspecified atom stereocenters. The van der Waals surface area contributed by atoms with E-state index < -0.39 is 0 Å². The summed E-state index contributed by atoms with van der Waals surface area (Å²) < 4.78 is 2.97. The van der Waals surface area contributed by atoms with Gasteiger partial charge in [0, 0.05) is 0 Å². The minimum atomic E-state index is 0.747. The Bertz CT molecular complexity index is 70.2. The molecule has 2 aliphatic rings. The molecule has 1 saturated carbocycles. The predicted molar refractivity (Wildman–Crippen MR) is 26.0 cm³/mol. The summed E-state index contributed by atoms with van der Waals surface area (Å²) in [7, 11) is 0. The second-order valence-corrected chi connectivity index (χ2v) is 5.88. The summed E-state index contributed by atoms with van der Waals surface area (Å²) in [5.41, 5.74) is 0. The molecule has 0 aromatic heterocycles. The first-order valence-corrected chi connectivity index (χ1v) is 5.81. The van der Waals surface area contributed by atoms with Crippen LogP contribution in [-0.2, 0) is 0 Å². The van der Waals surface area contributed by atoms with E-state index in [0.717, 1.165) is 21.2 Å². The normalized spacial score (nSPS) is 49.1. The number of fused-ring (bicyclic) bond motifs is 1. The molecule has 1 aliphatic heterocycles. The van der Waals surface area contributed by atoms with Crippen LogP contribution in [0.1, 0.15) is 19.3 Å². The minimum absolute atomic E-state index is 0.747. The summed E-state index contributed by atoms with van der Waals surface area (Å²) in [6.07, 6.45) is 4.76. The predicted octanol–water partition coefficient (Wildman–Crippen LogP) is -1.74. The molecule has 0 radical (unpaired) electrons. The molecule has 0 amide bonds. The number of hydrogen-bond acceptors (Lipinski definition) is 0. The molecule has 2 rings (SSSR count). The second-order valence-electron chi connectivity index (χ2n) is 2.52. The van der Waals surface area contributed by atoms with Crippen molar-refractivity contribution in [3.05, 3.63) is 0 Å². The van der Waals surface area contributed by atoms with E-state index in [-0.39, 0.29) is 0 Å². The summed E-state index contributed by atoms with van der Waals surface area (Å²) in [6, 6.07) is 0. The molecule has 1 heteroatoms. The number of halogens is 1. The van der Waals surface area contributed by atoms with Crippen LogP contribution in [0.15, 0.2) is 0 Å². The van der Waals surface area contributed by atoms with E-state index in [1.54, 1.807) is 23.7 Å². The molecular weight excluding hydrogens is 199 g/mol. The Hall–Kier alpha value is 0.730. The maximum absolute atomic E-state index is 1.67. The molecule has 7 heavy (non-hydrogen) atoms. The van der Waals surface area contributed by atoms with Crippen LogP contribution in [0.4, 0.5) is 0 Å². The van der Waals surface area contributed by atoms with Gasteiger partial charge in [-0.25, -0.2) is 0 Å². The number of hydrogen-bond donors (Lipinski definition) is 0. The average Bonchev–Trinajstić information content (AvgIpc) is 1.85. The fraction of sp³-hybridized carbons (Fsp3) is 1.00. The first-order valence-electron chi connectivity index (χ1n) is 3.04. The fourth-order valence-electron chi connectivity index (χ4n) is 1.49. The van der Waals surface area contributed by atoms with Crippen LogP contribution >= 0.6 is 0 Å². The molecule has 1 saturated heterocycles. The quantitative estimate of drug-likeness (QED) is 0.328. The van der Waals surface area contributed by atoms with Crippen molar-refractivity contribution in [2.75, 3.05) is 4.43 Å². The van der Waals surface area contributed by atoms with Gasteiger partial charge in [-0.3, -0.25) is 0 Å². The van der Waals surface area contributed by atoms with E-state index in [1.165, 1.54) is 9.84 Å². The molecule has 0 spiro atoms. The molecular formula is C6H10I-. The summed E-state index contributed by atoms with van der Waals surface area (Å²) in [6.45, 7) is 0. The Labute approximate surface area is 54.9 Å². The summed E-state index contributed by atoms with van der Waals surface area (Å²) in [4.78, 5) is 0. The van der Waals surface area contributed by atoms with Crippen molar-refractivity contribution in [1.29, 1.82) is 0 Å². The first-order chi connectivity index (χ1) is 3.47. The SMILES string of the molecule is C1CC2C[I-]C2C1. The van der Waals surface area contributed by atoms with Gasteiger partial charge >= 0.3 is 54.7 Å². The molecule has 0 aromatic rings. The standard InChI is InChI=1S/C6H10I/c1-2-5-4-7-6(5)3-1/h5-6H,1-4H2/q-1. The summed E-state index contributed by atoms with van der Waals surface area (Å²) >= 11 is 0.747. The summed E-state index contributed by atoms with van der Waals surface area (Å²) in [5.74, 6) is 1.24. The van der Waals surface area contributed by atoms with E-state index in [0.29, 0.717) is 0 Å². The summed E-state index contributed by atoms with van der Waals surface area (Å²) in [5, 5.41) is 0. The van der Waals surface area contributed by atoms with E-state index in [4.69, 9.17) is 0 Å². The molecule has 42 valence electrons. The first kappa shape index (κ1) is 4.59. The Morgan fingerprint density at radius 3 is 2.57 bits per heavy atom. The van der Waals surface area contributed by atoms with Crippen molar-refractivity contribution < 1.29 is 21.2 Å².